The van der Waals surface area contributed by atoms with E-state index in [1.54, 1.807) is 7.05 Å². The summed E-state index contributed by atoms with van der Waals surface area (Å²) in [4.78, 5) is 12.8. The molecule has 1 N–H and O–H groups in total. The van der Waals surface area contributed by atoms with Gasteiger partial charge in [-0.3, -0.25) is 0 Å². The number of hydrogen-bond acceptors (Lipinski definition) is 7. The lowest BCUT2D eigenvalue weighted by Gasteiger charge is -2.02. The number of nitrogens with zero attached hydrogens (tertiary/aromatic N) is 4. The molecule has 0 aromatic carbocycles. The van der Waals surface area contributed by atoms with Crippen LogP contribution in [0.25, 0.3) is 0 Å². The van der Waals surface area contributed by atoms with Crippen molar-refractivity contribution in [1.29, 1.82) is 0 Å². The molecule has 0 radical (unpaired) electrons. The summed E-state index contributed by atoms with van der Waals surface area (Å²) in [6, 6.07) is 1.93. The van der Waals surface area contributed by atoms with Crippen LogP contribution in [0, 0.1) is 13.8 Å². The third-order valence-electron chi connectivity index (χ3n) is 1.76. The third kappa shape index (κ3) is 2.67. The van der Waals surface area contributed by atoms with Crippen LogP contribution in [0.1, 0.15) is 11.5 Å². The van der Waals surface area contributed by atoms with Crippen molar-refractivity contribution in [3.05, 3.63) is 17.6 Å². The Morgan fingerprint density at radius 3 is 2.69 bits per heavy atom. The van der Waals surface area contributed by atoms with Crippen molar-refractivity contribution in [2.75, 3.05) is 12.4 Å². The molecule has 2 aromatic heterocycles. The maximum atomic E-state index is 4.34. The zero-order valence-electron chi connectivity index (χ0n) is 9.18. The third-order valence-corrected chi connectivity index (χ3v) is 3.52. The van der Waals surface area contributed by atoms with Gasteiger partial charge in [0.2, 0.25) is 5.95 Å². The van der Waals surface area contributed by atoms with Gasteiger partial charge < -0.3 is 5.32 Å². The fourth-order valence-electron chi connectivity index (χ4n) is 1.11. The lowest BCUT2D eigenvalue weighted by Crippen LogP contribution is -1.98. The predicted molar refractivity (Wildman–Crippen MR) is 65.1 cm³/mol. The van der Waals surface area contributed by atoms with Crippen LogP contribution in [0.3, 0.4) is 0 Å². The summed E-state index contributed by atoms with van der Waals surface area (Å²) in [6.07, 6.45) is 0. The van der Waals surface area contributed by atoms with Crippen LogP contribution in [-0.4, -0.2) is 26.4 Å². The van der Waals surface area contributed by atoms with Crippen molar-refractivity contribution in [3.8, 4) is 0 Å². The molecule has 0 saturated heterocycles. The molecule has 7 heteroatoms. The fourth-order valence-corrected chi connectivity index (χ4v) is 2.77. The number of aryl methyl sites for hydroxylation is 2. The Morgan fingerprint density at radius 2 is 2.06 bits per heavy atom. The van der Waals surface area contributed by atoms with Gasteiger partial charge in [0.15, 0.2) is 4.34 Å². The van der Waals surface area contributed by atoms with Crippen LogP contribution >= 0.6 is 23.3 Å². The molecule has 2 aromatic rings. The number of nitrogens with one attached hydrogen (secondary N) is 1. The molecule has 2 heterocycles. The largest absolute Gasteiger partial charge is 0.357 e. The van der Waals surface area contributed by atoms with E-state index in [2.05, 4.69) is 24.6 Å². The van der Waals surface area contributed by atoms with Crippen molar-refractivity contribution in [2.45, 2.75) is 23.2 Å². The highest BCUT2D eigenvalue weighted by Crippen LogP contribution is 2.28. The van der Waals surface area contributed by atoms with Gasteiger partial charge in [-0.2, -0.15) is 4.37 Å². The average Bonchev–Trinajstić information content (AvgIpc) is 2.63. The van der Waals surface area contributed by atoms with Gasteiger partial charge in [0.05, 0.1) is 0 Å². The summed E-state index contributed by atoms with van der Waals surface area (Å²) in [6.45, 7) is 3.82. The second-order valence-corrected chi connectivity index (χ2v) is 5.15. The van der Waals surface area contributed by atoms with Crippen LogP contribution in [0.15, 0.2) is 15.4 Å². The molecular weight excluding hydrogens is 242 g/mol. The normalized spacial score (nSPS) is 10.4. The van der Waals surface area contributed by atoms with E-state index in [0.717, 1.165) is 20.9 Å². The van der Waals surface area contributed by atoms with Crippen molar-refractivity contribution in [3.63, 3.8) is 0 Å². The van der Waals surface area contributed by atoms with Crippen molar-refractivity contribution in [2.24, 2.45) is 0 Å². The van der Waals surface area contributed by atoms with Crippen LogP contribution in [-0.2, 0) is 0 Å². The van der Waals surface area contributed by atoms with Gasteiger partial charge >= 0.3 is 0 Å². The summed E-state index contributed by atoms with van der Waals surface area (Å²) >= 11 is 2.89. The number of rotatable bonds is 3. The monoisotopic (exact) mass is 253 g/mol. The van der Waals surface area contributed by atoms with Gasteiger partial charge in [-0.1, -0.05) is 0 Å². The first-order chi connectivity index (χ1) is 7.67. The molecule has 84 valence electrons. The van der Waals surface area contributed by atoms with E-state index in [1.165, 1.54) is 23.3 Å². The SMILES string of the molecule is CNc1nc(C)cc(Sc2nc(C)ns2)n1. The second kappa shape index (κ2) is 4.75. The minimum absolute atomic E-state index is 0.628. The summed E-state index contributed by atoms with van der Waals surface area (Å²) in [5.74, 6) is 1.43. The summed E-state index contributed by atoms with van der Waals surface area (Å²) in [5, 5.41) is 3.81. The molecule has 0 aliphatic rings. The molecule has 2 rings (SSSR count). The van der Waals surface area contributed by atoms with Gasteiger partial charge in [-0.05, 0) is 43.2 Å². The van der Waals surface area contributed by atoms with Gasteiger partial charge in [0, 0.05) is 12.7 Å². The van der Waals surface area contributed by atoms with E-state index in [4.69, 9.17) is 0 Å². The Balaban J connectivity index is 2.24. The van der Waals surface area contributed by atoms with Crippen LogP contribution < -0.4 is 5.32 Å². The molecule has 0 bridgehead atoms. The summed E-state index contributed by atoms with van der Waals surface area (Å²) in [7, 11) is 1.80. The van der Waals surface area contributed by atoms with E-state index in [0.29, 0.717) is 5.95 Å². The van der Waals surface area contributed by atoms with Crippen molar-refractivity contribution >= 4 is 29.2 Å². The van der Waals surface area contributed by atoms with Gasteiger partial charge in [-0.25, -0.2) is 15.0 Å². The zero-order valence-corrected chi connectivity index (χ0v) is 10.8. The highest BCUT2D eigenvalue weighted by atomic mass is 32.2. The number of aromatic nitrogens is 4. The molecule has 0 amide bonds. The highest BCUT2D eigenvalue weighted by molar-refractivity contribution is 8.00. The fraction of sp³-hybridized carbons (Fsp3) is 0.333. The van der Waals surface area contributed by atoms with Gasteiger partial charge in [0.25, 0.3) is 0 Å². The van der Waals surface area contributed by atoms with Crippen molar-refractivity contribution in [1.82, 2.24) is 19.3 Å². The summed E-state index contributed by atoms with van der Waals surface area (Å²) < 4.78 is 5.03. The first kappa shape index (κ1) is 11.3. The topological polar surface area (TPSA) is 63.6 Å². The Bertz CT molecular complexity index is 496. The molecule has 0 saturated carbocycles. The molecule has 0 aliphatic carbocycles. The molecule has 0 unspecified atom stereocenters. The zero-order chi connectivity index (χ0) is 11.5. The second-order valence-electron chi connectivity index (χ2n) is 3.13. The number of anilines is 1. The van der Waals surface area contributed by atoms with Gasteiger partial charge in [0.1, 0.15) is 10.9 Å². The van der Waals surface area contributed by atoms with Crippen LogP contribution in [0.4, 0.5) is 5.95 Å². The van der Waals surface area contributed by atoms with E-state index in [1.807, 2.05) is 19.9 Å². The molecule has 5 nitrogen and oxygen atoms in total. The molecule has 16 heavy (non-hydrogen) atoms. The quantitative estimate of drug-likeness (QED) is 0.845. The minimum atomic E-state index is 0.628. The maximum absolute atomic E-state index is 4.34. The smallest absolute Gasteiger partial charge is 0.223 e. The number of hydrogen-bond donors (Lipinski definition) is 1. The first-order valence-corrected chi connectivity index (χ1v) is 6.28. The Morgan fingerprint density at radius 1 is 1.25 bits per heavy atom. The van der Waals surface area contributed by atoms with Gasteiger partial charge in [-0.15, -0.1) is 0 Å². The van der Waals surface area contributed by atoms with Crippen LogP contribution in [0.2, 0.25) is 0 Å². The lowest BCUT2D eigenvalue weighted by molar-refractivity contribution is 1.00. The van der Waals surface area contributed by atoms with E-state index in [9.17, 15) is 0 Å². The van der Waals surface area contributed by atoms with Crippen LogP contribution in [0.5, 0.6) is 0 Å². The first-order valence-electron chi connectivity index (χ1n) is 4.69. The van der Waals surface area contributed by atoms with E-state index in [-0.39, 0.29) is 0 Å². The average molecular weight is 253 g/mol. The Kier molecular flexibility index (Phi) is 3.35. The highest BCUT2D eigenvalue weighted by Gasteiger charge is 2.06. The Hall–Kier alpha value is -1.21. The van der Waals surface area contributed by atoms with Crippen molar-refractivity contribution < 1.29 is 0 Å². The van der Waals surface area contributed by atoms with E-state index < -0.39 is 0 Å². The van der Waals surface area contributed by atoms with E-state index >= 15 is 0 Å². The lowest BCUT2D eigenvalue weighted by atomic mass is 10.5. The maximum Gasteiger partial charge on any atom is 0.223 e. The summed E-state index contributed by atoms with van der Waals surface area (Å²) in [5.41, 5.74) is 0.933. The molecule has 0 spiro atoms. The standard InChI is InChI=1S/C9H11N5S2/c1-5-4-7(13-8(10-3)11-5)15-9-12-6(2)14-16-9/h4H,1-3H3,(H,10,11,13). The molecule has 0 aliphatic heterocycles. The minimum Gasteiger partial charge on any atom is -0.357 e. The molecule has 0 fully saturated rings. The Labute approximate surface area is 102 Å². The molecular formula is C9H11N5S2. The molecule has 0 atom stereocenters. The predicted octanol–water partition coefficient (Wildman–Crippen LogP) is 2.14.